The Morgan fingerprint density at radius 3 is 2.47 bits per heavy atom. The Balaban J connectivity index is 2.04. The number of carboxylic acids is 1. The van der Waals surface area contributed by atoms with E-state index in [4.69, 9.17) is 10.8 Å². The summed E-state index contributed by atoms with van der Waals surface area (Å²) in [5, 5.41) is 13.8. The molecule has 1 heterocycles. The van der Waals surface area contributed by atoms with E-state index in [0.717, 1.165) is 11.3 Å². The number of aromatic carboxylic acids is 1. The van der Waals surface area contributed by atoms with Crippen molar-refractivity contribution in [2.45, 2.75) is 6.54 Å². The highest BCUT2D eigenvalue weighted by Gasteiger charge is 2.11. The molecule has 0 saturated heterocycles. The fourth-order valence-corrected chi connectivity index (χ4v) is 2.37. The molecule has 0 aliphatic rings. The molecule has 98 valence electrons. The molecule has 0 saturated carbocycles. The van der Waals surface area contributed by atoms with E-state index >= 15 is 0 Å². The monoisotopic (exact) mass is 276 g/mol. The van der Waals surface area contributed by atoms with Crippen molar-refractivity contribution in [1.82, 2.24) is 0 Å². The smallest absolute Gasteiger partial charge is 0.346 e. The van der Waals surface area contributed by atoms with Gasteiger partial charge in [-0.2, -0.15) is 0 Å². The minimum absolute atomic E-state index is 0.334. The molecule has 1 aromatic carbocycles. The van der Waals surface area contributed by atoms with E-state index in [9.17, 15) is 9.59 Å². The van der Waals surface area contributed by atoms with Gasteiger partial charge in [-0.25, -0.2) is 4.79 Å². The summed E-state index contributed by atoms with van der Waals surface area (Å²) < 4.78 is 0. The Hall–Kier alpha value is -2.34. The van der Waals surface area contributed by atoms with Gasteiger partial charge in [0.2, 0.25) is 5.91 Å². The number of rotatable bonds is 5. The van der Waals surface area contributed by atoms with Crippen LogP contribution in [0, 0.1) is 0 Å². The largest absolute Gasteiger partial charge is 0.477 e. The summed E-state index contributed by atoms with van der Waals surface area (Å²) in [6.07, 6.45) is 0. The molecule has 0 bridgehead atoms. The first-order valence-electron chi connectivity index (χ1n) is 5.51. The zero-order chi connectivity index (χ0) is 13.8. The summed E-state index contributed by atoms with van der Waals surface area (Å²) in [4.78, 5) is 22.2. The van der Waals surface area contributed by atoms with Crippen LogP contribution in [0.15, 0.2) is 35.7 Å². The predicted octanol–water partition coefficient (Wildman–Crippen LogP) is 2.16. The van der Waals surface area contributed by atoms with Crippen molar-refractivity contribution in [2.75, 3.05) is 5.32 Å². The molecule has 2 rings (SSSR count). The molecule has 0 aliphatic carbocycles. The van der Waals surface area contributed by atoms with E-state index in [1.165, 1.54) is 11.3 Å². The molecule has 0 unspecified atom stereocenters. The van der Waals surface area contributed by atoms with Crippen LogP contribution in [0.5, 0.6) is 0 Å². The Morgan fingerprint density at radius 2 is 1.89 bits per heavy atom. The standard InChI is InChI=1S/C13H12N2O3S/c14-12(16)8-1-3-10(4-2-8)15-7-9-5-6-19-11(9)13(17)18/h1-6,15H,7H2,(H2,14,16)(H,17,18). The lowest BCUT2D eigenvalue weighted by Crippen LogP contribution is -2.10. The number of hydrogen-bond donors (Lipinski definition) is 3. The van der Waals surface area contributed by atoms with Crippen molar-refractivity contribution < 1.29 is 14.7 Å². The highest BCUT2D eigenvalue weighted by molar-refractivity contribution is 7.12. The highest BCUT2D eigenvalue weighted by atomic mass is 32.1. The van der Waals surface area contributed by atoms with E-state index in [1.54, 1.807) is 35.7 Å². The summed E-state index contributed by atoms with van der Waals surface area (Å²) in [6, 6.07) is 8.48. The maximum absolute atomic E-state index is 10.9. The second-order valence-electron chi connectivity index (χ2n) is 3.88. The Labute approximate surface area is 113 Å². The molecule has 0 spiro atoms. The molecule has 2 aromatic rings. The fourth-order valence-electron chi connectivity index (χ4n) is 1.61. The van der Waals surface area contributed by atoms with Crippen LogP contribution in [0.1, 0.15) is 25.6 Å². The van der Waals surface area contributed by atoms with Crippen LogP contribution in [0.4, 0.5) is 5.69 Å². The summed E-state index contributed by atoms with van der Waals surface area (Å²) in [5.41, 5.74) is 7.11. The molecule has 5 nitrogen and oxygen atoms in total. The number of hydrogen-bond acceptors (Lipinski definition) is 4. The van der Waals surface area contributed by atoms with Gasteiger partial charge in [0, 0.05) is 17.8 Å². The van der Waals surface area contributed by atoms with Crippen molar-refractivity contribution >= 4 is 28.9 Å². The van der Waals surface area contributed by atoms with Gasteiger partial charge in [-0.15, -0.1) is 11.3 Å². The van der Waals surface area contributed by atoms with Crippen molar-refractivity contribution in [2.24, 2.45) is 5.73 Å². The first kappa shape index (κ1) is 13.1. The summed E-state index contributed by atoms with van der Waals surface area (Å²) >= 11 is 1.20. The lowest BCUT2D eigenvalue weighted by Gasteiger charge is -2.06. The molecular formula is C13H12N2O3S. The maximum Gasteiger partial charge on any atom is 0.346 e. The Morgan fingerprint density at radius 1 is 1.21 bits per heavy atom. The van der Waals surface area contributed by atoms with Crippen molar-refractivity contribution in [3.05, 3.63) is 51.7 Å². The first-order chi connectivity index (χ1) is 9.08. The van der Waals surface area contributed by atoms with E-state index < -0.39 is 11.9 Å². The second-order valence-corrected chi connectivity index (χ2v) is 4.79. The summed E-state index contributed by atoms with van der Waals surface area (Å²) in [5.74, 6) is -1.39. The van der Waals surface area contributed by atoms with E-state index in [0.29, 0.717) is 17.0 Å². The molecule has 0 radical (unpaired) electrons. The molecule has 0 fully saturated rings. The van der Waals surface area contributed by atoms with Gasteiger partial charge in [0.05, 0.1) is 0 Å². The number of carbonyl (C=O) groups is 2. The first-order valence-corrected chi connectivity index (χ1v) is 6.39. The second kappa shape index (κ2) is 5.53. The lowest BCUT2D eigenvalue weighted by atomic mass is 10.2. The van der Waals surface area contributed by atoms with Crippen molar-refractivity contribution in [3.63, 3.8) is 0 Å². The van der Waals surface area contributed by atoms with Crippen LogP contribution in [-0.2, 0) is 6.54 Å². The average molecular weight is 276 g/mol. The number of nitrogens with one attached hydrogen (secondary N) is 1. The zero-order valence-corrected chi connectivity index (χ0v) is 10.7. The molecule has 4 N–H and O–H groups in total. The Bertz CT molecular complexity index is 605. The van der Waals surface area contributed by atoms with Gasteiger partial charge in [0.1, 0.15) is 4.88 Å². The van der Waals surface area contributed by atoms with E-state index in [2.05, 4.69) is 5.32 Å². The van der Waals surface area contributed by atoms with Gasteiger partial charge in [-0.1, -0.05) is 0 Å². The fraction of sp³-hybridized carbons (Fsp3) is 0.0769. The lowest BCUT2D eigenvalue weighted by molar-refractivity contribution is 0.0701. The maximum atomic E-state index is 10.9. The molecule has 19 heavy (non-hydrogen) atoms. The van der Waals surface area contributed by atoms with Crippen molar-refractivity contribution in [3.8, 4) is 0 Å². The summed E-state index contributed by atoms with van der Waals surface area (Å²) in [6.45, 7) is 0.418. The Kier molecular flexibility index (Phi) is 3.82. The van der Waals surface area contributed by atoms with Gasteiger partial charge in [0.15, 0.2) is 0 Å². The van der Waals surface area contributed by atoms with Crippen LogP contribution in [0.25, 0.3) is 0 Å². The molecule has 0 aliphatic heterocycles. The van der Waals surface area contributed by atoms with Crippen LogP contribution in [-0.4, -0.2) is 17.0 Å². The van der Waals surface area contributed by atoms with E-state index in [-0.39, 0.29) is 0 Å². The average Bonchev–Trinajstić information content (AvgIpc) is 2.85. The topological polar surface area (TPSA) is 92.4 Å². The van der Waals surface area contributed by atoms with Gasteiger partial charge in [-0.05, 0) is 41.3 Å². The predicted molar refractivity (Wildman–Crippen MR) is 73.6 cm³/mol. The van der Waals surface area contributed by atoms with Crippen molar-refractivity contribution in [1.29, 1.82) is 0 Å². The number of nitrogens with two attached hydrogens (primary N) is 1. The minimum atomic E-state index is -0.920. The third kappa shape index (κ3) is 3.11. The highest BCUT2D eigenvalue weighted by Crippen LogP contribution is 2.18. The van der Waals surface area contributed by atoms with Crippen LogP contribution in [0.2, 0.25) is 0 Å². The zero-order valence-electron chi connectivity index (χ0n) is 9.92. The van der Waals surface area contributed by atoms with Gasteiger partial charge < -0.3 is 16.2 Å². The normalized spacial score (nSPS) is 10.1. The van der Waals surface area contributed by atoms with Crippen LogP contribution in [0.3, 0.4) is 0 Å². The summed E-state index contributed by atoms with van der Waals surface area (Å²) in [7, 11) is 0. The minimum Gasteiger partial charge on any atom is -0.477 e. The van der Waals surface area contributed by atoms with Gasteiger partial charge in [-0.3, -0.25) is 4.79 Å². The quantitative estimate of drug-likeness (QED) is 0.780. The molecule has 0 atom stereocenters. The number of thiophene rings is 1. The van der Waals surface area contributed by atoms with Crippen LogP contribution < -0.4 is 11.1 Å². The number of amides is 1. The number of carboxylic acid groups (broad SMARTS) is 1. The van der Waals surface area contributed by atoms with Gasteiger partial charge in [0.25, 0.3) is 0 Å². The number of primary amides is 1. The molecule has 1 aromatic heterocycles. The number of anilines is 1. The molecule has 1 amide bonds. The molecule has 6 heteroatoms. The third-order valence-electron chi connectivity index (χ3n) is 2.59. The molecular weight excluding hydrogens is 264 g/mol. The van der Waals surface area contributed by atoms with Crippen LogP contribution >= 0.6 is 11.3 Å². The van der Waals surface area contributed by atoms with Gasteiger partial charge >= 0.3 is 5.97 Å². The SMILES string of the molecule is NC(=O)c1ccc(NCc2ccsc2C(=O)O)cc1. The third-order valence-corrected chi connectivity index (χ3v) is 3.54. The number of benzene rings is 1. The van der Waals surface area contributed by atoms with E-state index in [1.807, 2.05) is 0 Å². The number of carbonyl (C=O) groups excluding carboxylic acids is 1.